The van der Waals surface area contributed by atoms with Crippen LogP contribution in [0.2, 0.25) is 0 Å². The molecule has 1 aromatic heterocycles. The van der Waals surface area contributed by atoms with Gasteiger partial charge in [-0.2, -0.15) is 0 Å². The van der Waals surface area contributed by atoms with Gasteiger partial charge in [-0.05, 0) is 25.0 Å². The zero-order valence-electron chi connectivity index (χ0n) is 10.2. The molecule has 1 saturated heterocycles. The van der Waals surface area contributed by atoms with Crippen LogP contribution in [-0.4, -0.2) is 39.7 Å². The van der Waals surface area contributed by atoms with Gasteiger partial charge in [-0.1, -0.05) is 0 Å². The van der Waals surface area contributed by atoms with Gasteiger partial charge in [0.1, 0.15) is 10.7 Å². The van der Waals surface area contributed by atoms with Crippen molar-refractivity contribution in [3.8, 4) is 0 Å². The lowest BCUT2D eigenvalue weighted by molar-refractivity contribution is 0.0832. The van der Waals surface area contributed by atoms with Gasteiger partial charge in [-0.15, -0.1) is 0 Å². The summed E-state index contributed by atoms with van der Waals surface area (Å²) in [4.78, 5) is 4.18. The third-order valence-corrected chi connectivity index (χ3v) is 4.39. The molecule has 6 nitrogen and oxygen atoms in total. The average molecular weight is 271 g/mol. The number of rotatable bonds is 4. The van der Waals surface area contributed by atoms with Crippen molar-refractivity contribution in [1.82, 2.24) is 9.71 Å². The highest BCUT2D eigenvalue weighted by atomic mass is 32.2. The first kappa shape index (κ1) is 13.3. The zero-order chi connectivity index (χ0) is 13.0. The van der Waals surface area contributed by atoms with E-state index in [0.717, 1.165) is 0 Å². The second-order valence-corrected chi connectivity index (χ2v) is 5.79. The second kappa shape index (κ2) is 5.64. The van der Waals surface area contributed by atoms with E-state index in [1.165, 1.54) is 0 Å². The van der Waals surface area contributed by atoms with Gasteiger partial charge in [0.25, 0.3) is 0 Å². The number of aromatic nitrogens is 1. The van der Waals surface area contributed by atoms with Crippen LogP contribution in [0.25, 0.3) is 0 Å². The molecule has 0 radical (unpaired) electrons. The number of pyridine rings is 1. The number of ether oxygens (including phenoxy) is 1. The van der Waals surface area contributed by atoms with Gasteiger partial charge < -0.3 is 10.1 Å². The first-order valence-corrected chi connectivity index (χ1v) is 7.34. The van der Waals surface area contributed by atoms with Crippen molar-refractivity contribution < 1.29 is 13.2 Å². The van der Waals surface area contributed by atoms with E-state index in [-0.39, 0.29) is 10.9 Å². The molecule has 18 heavy (non-hydrogen) atoms. The van der Waals surface area contributed by atoms with Crippen molar-refractivity contribution in [3.05, 3.63) is 18.3 Å². The summed E-state index contributed by atoms with van der Waals surface area (Å²) in [6.07, 6.45) is 2.96. The number of nitrogens with zero attached hydrogens (tertiary/aromatic N) is 1. The Bertz CT molecular complexity index is 498. The zero-order valence-corrected chi connectivity index (χ0v) is 11.0. The molecule has 7 heteroatoms. The van der Waals surface area contributed by atoms with Gasteiger partial charge in [0.2, 0.25) is 10.0 Å². The van der Waals surface area contributed by atoms with E-state index >= 15 is 0 Å². The molecule has 1 fully saturated rings. The summed E-state index contributed by atoms with van der Waals surface area (Å²) in [6, 6.07) is 3.09. The Morgan fingerprint density at radius 2 is 2.11 bits per heavy atom. The molecule has 0 aliphatic carbocycles. The molecule has 1 aromatic rings. The van der Waals surface area contributed by atoms with Crippen LogP contribution in [0.3, 0.4) is 0 Å². The molecule has 0 saturated carbocycles. The summed E-state index contributed by atoms with van der Waals surface area (Å²) in [5, 5.41) is 2.78. The van der Waals surface area contributed by atoms with Gasteiger partial charge >= 0.3 is 0 Å². The van der Waals surface area contributed by atoms with Gasteiger partial charge in [-0.25, -0.2) is 18.1 Å². The minimum absolute atomic E-state index is 0.0614. The molecule has 0 spiro atoms. The Labute approximate surface area is 107 Å². The van der Waals surface area contributed by atoms with E-state index in [0.29, 0.717) is 31.9 Å². The van der Waals surface area contributed by atoms with Crippen LogP contribution in [0, 0.1) is 0 Å². The van der Waals surface area contributed by atoms with Gasteiger partial charge in [0.15, 0.2) is 0 Å². The molecule has 0 aromatic carbocycles. The van der Waals surface area contributed by atoms with Crippen LogP contribution in [0.1, 0.15) is 12.8 Å². The van der Waals surface area contributed by atoms with Crippen LogP contribution in [0.5, 0.6) is 0 Å². The molecule has 2 rings (SSSR count). The van der Waals surface area contributed by atoms with Crippen molar-refractivity contribution in [3.63, 3.8) is 0 Å². The maximum absolute atomic E-state index is 12.2. The minimum atomic E-state index is -3.53. The predicted molar refractivity (Wildman–Crippen MR) is 67.9 cm³/mol. The third-order valence-electron chi connectivity index (χ3n) is 2.84. The molecule has 1 aliphatic rings. The van der Waals surface area contributed by atoms with E-state index < -0.39 is 10.0 Å². The standard InChI is InChI=1S/C11H17N3O3S/c1-12-11-10(3-2-6-13-11)18(15,16)14-9-4-7-17-8-5-9/h2-3,6,9,14H,4-5,7-8H2,1H3,(H,12,13). The van der Waals surface area contributed by atoms with Crippen LogP contribution in [-0.2, 0) is 14.8 Å². The Kier molecular flexibility index (Phi) is 4.15. The summed E-state index contributed by atoms with van der Waals surface area (Å²) in [6.45, 7) is 1.19. The fraction of sp³-hybridized carbons (Fsp3) is 0.545. The maximum atomic E-state index is 12.2. The Morgan fingerprint density at radius 3 is 2.78 bits per heavy atom. The Morgan fingerprint density at radius 1 is 1.39 bits per heavy atom. The quantitative estimate of drug-likeness (QED) is 0.837. The lowest BCUT2D eigenvalue weighted by Gasteiger charge is -2.23. The maximum Gasteiger partial charge on any atom is 0.244 e. The van der Waals surface area contributed by atoms with E-state index in [1.54, 1.807) is 25.4 Å². The Balaban J connectivity index is 2.19. The van der Waals surface area contributed by atoms with Crippen molar-refractivity contribution in [2.75, 3.05) is 25.6 Å². The van der Waals surface area contributed by atoms with Crippen molar-refractivity contribution >= 4 is 15.8 Å². The van der Waals surface area contributed by atoms with Crippen LogP contribution >= 0.6 is 0 Å². The van der Waals surface area contributed by atoms with E-state index in [9.17, 15) is 8.42 Å². The van der Waals surface area contributed by atoms with E-state index in [1.807, 2.05) is 0 Å². The SMILES string of the molecule is CNc1ncccc1S(=O)(=O)NC1CCOCC1. The first-order valence-electron chi connectivity index (χ1n) is 5.86. The highest BCUT2D eigenvalue weighted by molar-refractivity contribution is 7.89. The number of hydrogen-bond acceptors (Lipinski definition) is 5. The molecule has 0 bridgehead atoms. The fourth-order valence-electron chi connectivity index (χ4n) is 1.89. The minimum Gasteiger partial charge on any atom is -0.381 e. The highest BCUT2D eigenvalue weighted by Crippen LogP contribution is 2.19. The van der Waals surface area contributed by atoms with Crippen molar-refractivity contribution in [2.24, 2.45) is 0 Å². The number of hydrogen-bond donors (Lipinski definition) is 2. The third kappa shape index (κ3) is 2.98. The second-order valence-electron chi connectivity index (χ2n) is 4.11. The largest absolute Gasteiger partial charge is 0.381 e. The monoisotopic (exact) mass is 271 g/mol. The van der Waals surface area contributed by atoms with Gasteiger partial charge in [0.05, 0.1) is 0 Å². The summed E-state index contributed by atoms with van der Waals surface area (Å²) in [7, 11) is -1.88. The Hall–Kier alpha value is -1.18. The lowest BCUT2D eigenvalue weighted by Crippen LogP contribution is -2.39. The summed E-state index contributed by atoms with van der Waals surface area (Å²) in [5.41, 5.74) is 0. The molecular weight excluding hydrogens is 254 g/mol. The molecule has 0 atom stereocenters. The van der Waals surface area contributed by atoms with Crippen molar-refractivity contribution in [1.29, 1.82) is 0 Å². The number of anilines is 1. The number of nitrogens with one attached hydrogen (secondary N) is 2. The first-order chi connectivity index (χ1) is 8.63. The molecule has 0 unspecified atom stereocenters. The normalized spacial score (nSPS) is 17.6. The molecular formula is C11H17N3O3S. The summed E-state index contributed by atoms with van der Waals surface area (Å²) < 4.78 is 32.4. The van der Waals surface area contributed by atoms with Gasteiger partial charge in [0, 0.05) is 32.5 Å². The fourth-order valence-corrected chi connectivity index (χ4v) is 3.36. The molecule has 0 amide bonds. The number of sulfonamides is 1. The van der Waals surface area contributed by atoms with Crippen LogP contribution < -0.4 is 10.0 Å². The van der Waals surface area contributed by atoms with E-state index in [4.69, 9.17) is 4.74 Å². The van der Waals surface area contributed by atoms with Gasteiger partial charge in [-0.3, -0.25) is 0 Å². The van der Waals surface area contributed by atoms with E-state index in [2.05, 4.69) is 15.0 Å². The summed E-state index contributed by atoms with van der Waals surface area (Å²) in [5.74, 6) is 0.358. The lowest BCUT2D eigenvalue weighted by atomic mass is 10.1. The van der Waals surface area contributed by atoms with Crippen LogP contribution in [0.4, 0.5) is 5.82 Å². The molecule has 1 aliphatic heterocycles. The molecule has 100 valence electrons. The van der Waals surface area contributed by atoms with Crippen LogP contribution in [0.15, 0.2) is 23.2 Å². The smallest absolute Gasteiger partial charge is 0.244 e. The summed E-state index contributed by atoms with van der Waals surface area (Å²) >= 11 is 0. The highest BCUT2D eigenvalue weighted by Gasteiger charge is 2.24. The van der Waals surface area contributed by atoms with Crippen molar-refractivity contribution in [2.45, 2.75) is 23.8 Å². The molecule has 2 N–H and O–H groups in total. The predicted octanol–water partition coefficient (Wildman–Crippen LogP) is 0.581. The molecule has 2 heterocycles. The average Bonchev–Trinajstić information content (AvgIpc) is 2.39. The topological polar surface area (TPSA) is 80.3 Å².